The van der Waals surface area contributed by atoms with Crippen molar-refractivity contribution >= 4 is 23.9 Å². The largest absolute Gasteiger partial charge is 0.481 e. The molecule has 0 aliphatic carbocycles. The van der Waals surface area contributed by atoms with Gasteiger partial charge in [-0.2, -0.15) is 0 Å². The van der Waals surface area contributed by atoms with Crippen LogP contribution in [0, 0.1) is 0 Å². The number of esters is 2. The summed E-state index contributed by atoms with van der Waals surface area (Å²) in [4.78, 5) is 44.5. The lowest BCUT2D eigenvalue weighted by Gasteiger charge is -2.29. The average molecular weight is 301 g/mol. The minimum absolute atomic E-state index is 0.218. The van der Waals surface area contributed by atoms with Crippen LogP contribution in [0.1, 0.15) is 26.7 Å². The normalized spacial score (nSPS) is 18.3. The Labute approximate surface area is 119 Å². The second-order valence-electron chi connectivity index (χ2n) is 4.73. The Hall–Kier alpha value is -2.58. The third-order valence-corrected chi connectivity index (χ3v) is 2.49. The van der Waals surface area contributed by atoms with Crippen molar-refractivity contribution in [1.82, 2.24) is 5.32 Å². The first-order valence-corrected chi connectivity index (χ1v) is 6.00. The summed E-state index contributed by atoms with van der Waals surface area (Å²) in [5.74, 6) is -5.77. The van der Waals surface area contributed by atoms with Crippen LogP contribution in [0.3, 0.4) is 0 Å². The van der Waals surface area contributed by atoms with Gasteiger partial charge in [0.2, 0.25) is 0 Å². The molecule has 9 heteroatoms. The van der Waals surface area contributed by atoms with Crippen molar-refractivity contribution in [2.24, 2.45) is 0 Å². The fourth-order valence-electron chi connectivity index (χ4n) is 1.51. The topological polar surface area (TPSA) is 139 Å². The summed E-state index contributed by atoms with van der Waals surface area (Å²) in [6, 6.07) is -1.26. The van der Waals surface area contributed by atoms with E-state index in [0.717, 1.165) is 6.20 Å². The SMILES string of the molecule is CC1(C)OC(=O)C(=CN[C@@H](CCC(=O)O)C(=O)O)C(=O)O1. The summed E-state index contributed by atoms with van der Waals surface area (Å²) < 4.78 is 9.63. The fourth-order valence-corrected chi connectivity index (χ4v) is 1.51. The average Bonchev–Trinajstić information content (AvgIpc) is 2.29. The van der Waals surface area contributed by atoms with E-state index in [-0.39, 0.29) is 12.8 Å². The Morgan fingerprint density at radius 2 is 1.76 bits per heavy atom. The van der Waals surface area contributed by atoms with Crippen LogP contribution in [-0.4, -0.2) is 45.9 Å². The summed E-state index contributed by atoms with van der Waals surface area (Å²) in [6.45, 7) is 2.75. The van der Waals surface area contributed by atoms with Gasteiger partial charge in [0.25, 0.3) is 5.79 Å². The lowest BCUT2D eigenvalue weighted by molar-refractivity contribution is -0.222. The van der Waals surface area contributed by atoms with Crippen LogP contribution in [0.5, 0.6) is 0 Å². The highest BCUT2D eigenvalue weighted by Gasteiger charge is 2.39. The smallest absolute Gasteiger partial charge is 0.350 e. The highest BCUT2D eigenvalue weighted by Crippen LogP contribution is 2.22. The molecule has 1 fully saturated rings. The van der Waals surface area contributed by atoms with Crippen molar-refractivity contribution in [3.63, 3.8) is 0 Å². The van der Waals surface area contributed by atoms with E-state index in [9.17, 15) is 19.2 Å². The standard InChI is InChI=1S/C12H15NO8/c1-12(2)20-10(18)6(11(19)21-12)5-13-7(9(16)17)3-4-8(14)15/h5,7,13H,3-4H2,1-2H3,(H,14,15)(H,16,17)/t7-/m0/s1. The number of hydrogen-bond donors (Lipinski definition) is 3. The quantitative estimate of drug-likeness (QED) is 0.340. The molecule has 0 unspecified atom stereocenters. The Morgan fingerprint density at radius 1 is 1.24 bits per heavy atom. The Bertz CT molecular complexity index is 485. The Balaban J connectivity index is 2.77. The van der Waals surface area contributed by atoms with E-state index in [1.807, 2.05) is 0 Å². The maximum Gasteiger partial charge on any atom is 0.350 e. The van der Waals surface area contributed by atoms with Crippen molar-refractivity contribution in [1.29, 1.82) is 0 Å². The van der Waals surface area contributed by atoms with Gasteiger partial charge in [0.1, 0.15) is 6.04 Å². The predicted molar refractivity (Wildman–Crippen MR) is 65.8 cm³/mol. The lowest BCUT2D eigenvalue weighted by atomic mass is 10.1. The minimum atomic E-state index is -1.39. The molecule has 0 radical (unpaired) electrons. The van der Waals surface area contributed by atoms with Crippen LogP contribution in [-0.2, 0) is 28.7 Å². The molecule has 1 aliphatic rings. The molecule has 0 aromatic carbocycles. The molecular weight excluding hydrogens is 286 g/mol. The molecule has 116 valence electrons. The third-order valence-electron chi connectivity index (χ3n) is 2.49. The van der Waals surface area contributed by atoms with E-state index in [1.54, 1.807) is 0 Å². The molecule has 1 heterocycles. The van der Waals surface area contributed by atoms with Crippen molar-refractivity contribution < 1.29 is 38.9 Å². The van der Waals surface area contributed by atoms with E-state index < -0.39 is 41.3 Å². The van der Waals surface area contributed by atoms with E-state index in [0.29, 0.717) is 0 Å². The van der Waals surface area contributed by atoms with Gasteiger partial charge in [-0.15, -0.1) is 0 Å². The molecule has 9 nitrogen and oxygen atoms in total. The number of carbonyl (C=O) groups is 4. The zero-order valence-electron chi connectivity index (χ0n) is 11.4. The number of rotatable bonds is 6. The van der Waals surface area contributed by atoms with Crippen molar-refractivity contribution in [3.8, 4) is 0 Å². The van der Waals surface area contributed by atoms with E-state index >= 15 is 0 Å². The highest BCUT2D eigenvalue weighted by atomic mass is 16.7. The second-order valence-corrected chi connectivity index (χ2v) is 4.73. The minimum Gasteiger partial charge on any atom is -0.481 e. The highest BCUT2D eigenvalue weighted by molar-refractivity contribution is 6.15. The molecule has 0 saturated carbocycles. The van der Waals surface area contributed by atoms with E-state index in [4.69, 9.17) is 19.7 Å². The van der Waals surface area contributed by atoms with Crippen molar-refractivity contribution in [2.75, 3.05) is 0 Å². The van der Waals surface area contributed by atoms with Gasteiger partial charge in [-0.25, -0.2) is 14.4 Å². The molecule has 1 atom stereocenters. The Kier molecular flexibility index (Phi) is 4.90. The van der Waals surface area contributed by atoms with Crippen molar-refractivity contribution in [2.45, 2.75) is 38.5 Å². The summed E-state index contributed by atoms with van der Waals surface area (Å²) >= 11 is 0. The zero-order valence-corrected chi connectivity index (χ0v) is 11.4. The van der Waals surface area contributed by atoms with Crippen LogP contribution in [0.4, 0.5) is 0 Å². The van der Waals surface area contributed by atoms with Crippen molar-refractivity contribution in [3.05, 3.63) is 11.8 Å². The molecule has 1 aliphatic heterocycles. The lowest BCUT2D eigenvalue weighted by Crippen LogP contribution is -2.43. The molecule has 3 N–H and O–H groups in total. The third kappa shape index (κ3) is 4.79. The Morgan fingerprint density at radius 3 is 2.19 bits per heavy atom. The molecule has 1 saturated heterocycles. The molecule has 0 amide bonds. The van der Waals surface area contributed by atoms with Crippen LogP contribution >= 0.6 is 0 Å². The van der Waals surface area contributed by atoms with E-state index in [1.165, 1.54) is 13.8 Å². The first-order chi connectivity index (χ1) is 9.62. The summed E-state index contributed by atoms with van der Waals surface area (Å²) in [5, 5.41) is 19.7. The second kappa shape index (κ2) is 6.25. The number of carboxylic acid groups (broad SMARTS) is 2. The van der Waals surface area contributed by atoms with Gasteiger partial charge >= 0.3 is 23.9 Å². The number of nitrogens with one attached hydrogen (secondary N) is 1. The number of carboxylic acids is 2. The molecule has 0 spiro atoms. The maximum absolute atomic E-state index is 11.6. The van der Waals surface area contributed by atoms with Gasteiger partial charge < -0.3 is 25.0 Å². The fraction of sp³-hybridized carbons (Fsp3) is 0.500. The van der Waals surface area contributed by atoms with Gasteiger partial charge in [0, 0.05) is 26.5 Å². The monoisotopic (exact) mass is 301 g/mol. The first kappa shape index (κ1) is 16.5. The van der Waals surface area contributed by atoms with Crippen LogP contribution in [0.2, 0.25) is 0 Å². The molecule has 0 bridgehead atoms. The van der Waals surface area contributed by atoms with Gasteiger partial charge in [-0.05, 0) is 6.42 Å². The maximum atomic E-state index is 11.6. The molecule has 1 rings (SSSR count). The number of ether oxygens (including phenoxy) is 2. The summed E-state index contributed by atoms with van der Waals surface area (Å²) in [7, 11) is 0. The van der Waals surface area contributed by atoms with Crippen LogP contribution in [0.25, 0.3) is 0 Å². The van der Waals surface area contributed by atoms with Gasteiger partial charge in [0.05, 0.1) is 0 Å². The number of hydrogen-bond acceptors (Lipinski definition) is 7. The number of aliphatic carboxylic acids is 2. The molecule has 0 aromatic heterocycles. The number of cyclic esters (lactones) is 2. The van der Waals surface area contributed by atoms with Crippen LogP contribution in [0.15, 0.2) is 11.8 Å². The van der Waals surface area contributed by atoms with Crippen LogP contribution < -0.4 is 5.32 Å². The summed E-state index contributed by atoms with van der Waals surface area (Å²) in [6.07, 6.45) is 0.264. The van der Waals surface area contributed by atoms with Gasteiger partial charge in [0.15, 0.2) is 5.57 Å². The predicted octanol–water partition coefficient (Wildman–Crippen LogP) is -0.386. The van der Waals surface area contributed by atoms with E-state index in [2.05, 4.69) is 5.32 Å². The molecule has 21 heavy (non-hydrogen) atoms. The van der Waals surface area contributed by atoms with Gasteiger partial charge in [-0.1, -0.05) is 0 Å². The molecular formula is C12H15NO8. The number of carbonyl (C=O) groups excluding carboxylic acids is 2. The first-order valence-electron chi connectivity index (χ1n) is 6.00. The zero-order chi connectivity index (χ0) is 16.2. The summed E-state index contributed by atoms with van der Waals surface area (Å²) in [5.41, 5.74) is -0.490. The van der Waals surface area contributed by atoms with Gasteiger partial charge in [-0.3, -0.25) is 4.79 Å². The molecule has 0 aromatic rings.